The molecule has 3 aliphatic rings. The van der Waals surface area contributed by atoms with Crippen LogP contribution in [0.5, 0.6) is 5.75 Å². The smallest absolute Gasteiger partial charge is 0.253 e. The molecule has 3 fully saturated rings. The Hall–Kier alpha value is -3.95. The van der Waals surface area contributed by atoms with Crippen molar-refractivity contribution < 1.29 is 29.0 Å². The summed E-state index contributed by atoms with van der Waals surface area (Å²) in [6.45, 7) is 17.1. The number of unbranched alkanes of at least 4 members (excludes halogenated alkanes) is 2. The normalized spacial score (nSPS) is 25.9. The van der Waals surface area contributed by atoms with E-state index in [2.05, 4.69) is 13.2 Å². The zero-order valence-corrected chi connectivity index (χ0v) is 28.2. The highest BCUT2D eigenvalue weighted by molar-refractivity contribution is 6.07. The van der Waals surface area contributed by atoms with E-state index in [1.807, 2.05) is 70.2 Å². The van der Waals surface area contributed by atoms with E-state index in [4.69, 9.17) is 9.47 Å². The summed E-state index contributed by atoms with van der Waals surface area (Å²) >= 11 is 0. The molecule has 1 N–H and O–H groups in total. The van der Waals surface area contributed by atoms with Crippen molar-refractivity contribution in [2.24, 2.45) is 11.8 Å². The van der Waals surface area contributed by atoms with E-state index in [-0.39, 0.29) is 37.4 Å². The first-order valence-electron chi connectivity index (χ1n) is 16.8. The molecule has 0 aromatic heterocycles. The third kappa shape index (κ3) is 6.00. The third-order valence-electron chi connectivity index (χ3n) is 10.2. The van der Waals surface area contributed by atoms with E-state index < -0.39 is 29.1 Å². The predicted molar refractivity (Wildman–Crippen MR) is 183 cm³/mol. The Kier molecular flexibility index (Phi) is 10.3. The zero-order chi connectivity index (χ0) is 33.9. The molecular formula is C38H49N3O6. The van der Waals surface area contributed by atoms with Gasteiger partial charge in [-0.15, -0.1) is 13.2 Å². The summed E-state index contributed by atoms with van der Waals surface area (Å²) in [5, 5.41) is 9.41. The minimum Gasteiger partial charge on any atom is -0.494 e. The maximum atomic E-state index is 15.0. The summed E-state index contributed by atoms with van der Waals surface area (Å²) in [6, 6.07) is 12.3. The van der Waals surface area contributed by atoms with Crippen LogP contribution in [-0.2, 0) is 19.1 Å². The van der Waals surface area contributed by atoms with E-state index in [1.54, 1.807) is 26.9 Å². The van der Waals surface area contributed by atoms with Gasteiger partial charge >= 0.3 is 0 Å². The van der Waals surface area contributed by atoms with Crippen LogP contribution in [0, 0.1) is 25.7 Å². The summed E-state index contributed by atoms with van der Waals surface area (Å²) in [5.41, 5.74) is 1.27. The van der Waals surface area contributed by atoms with Gasteiger partial charge in [-0.25, -0.2) is 0 Å². The van der Waals surface area contributed by atoms with E-state index in [1.165, 1.54) is 0 Å². The largest absolute Gasteiger partial charge is 0.494 e. The standard InChI is InChI=1S/C38H49N3O6/c1-7-22-39(28-16-18-29(19-17-28)46-9-3)34(43)30-31-35(44)41(24-11-10-12-25-42)33(38(31)21-20-37(30,6)47-38)36(45)40(23-8-2)32-26(4)14-13-15-27(32)5/h7-8,13-19,30-31,33,42H,1-2,9-12,20-25H2,3-6H3/t30-,31+,33?,37+,38?/m1/s1. The number of aryl methyl sites for hydroxylation is 2. The van der Waals surface area contributed by atoms with Gasteiger partial charge in [-0.2, -0.15) is 0 Å². The fourth-order valence-corrected chi connectivity index (χ4v) is 8.20. The van der Waals surface area contributed by atoms with Gasteiger partial charge in [0.15, 0.2) is 0 Å². The lowest BCUT2D eigenvalue weighted by molar-refractivity contribution is -0.144. The number of amides is 3. The molecule has 1 spiro atoms. The number of carbonyl (C=O) groups is 3. The van der Waals surface area contributed by atoms with Crippen LogP contribution in [0.15, 0.2) is 67.8 Å². The lowest BCUT2D eigenvalue weighted by Crippen LogP contribution is -2.57. The molecule has 2 unspecified atom stereocenters. The maximum Gasteiger partial charge on any atom is 0.253 e. The number of rotatable bonds is 15. The van der Waals surface area contributed by atoms with Crippen molar-refractivity contribution in [2.45, 2.75) is 77.0 Å². The van der Waals surface area contributed by atoms with Crippen LogP contribution in [0.2, 0.25) is 0 Å². The molecule has 5 atom stereocenters. The molecule has 9 nitrogen and oxygen atoms in total. The number of aliphatic hydroxyl groups is 1. The number of aliphatic hydroxyl groups excluding tert-OH is 1. The number of hydrogen-bond donors (Lipinski definition) is 1. The SMILES string of the molecule is C=CCN(C(=O)[C@H]1[C@H]2C(=O)N(CCCCCO)C(C(=O)N(CC=C)c3c(C)cccc3C)C23CC[C@]1(C)O3)c1ccc(OCC)cc1. The molecule has 9 heteroatoms. The molecule has 3 saturated heterocycles. The highest BCUT2D eigenvalue weighted by Crippen LogP contribution is 2.63. The average Bonchev–Trinajstić information content (AvgIpc) is 3.62. The number of anilines is 2. The van der Waals surface area contributed by atoms with Crippen molar-refractivity contribution in [1.82, 2.24) is 4.90 Å². The van der Waals surface area contributed by atoms with Gasteiger partial charge in [0, 0.05) is 37.6 Å². The number of carbonyl (C=O) groups excluding carboxylic acids is 3. The lowest BCUT2D eigenvalue weighted by atomic mass is 9.66. The fourth-order valence-electron chi connectivity index (χ4n) is 8.20. The van der Waals surface area contributed by atoms with E-state index in [0.29, 0.717) is 56.7 Å². The third-order valence-corrected chi connectivity index (χ3v) is 10.2. The first-order valence-corrected chi connectivity index (χ1v) is 16.8. The summed E-state index contributed by atoms with van der Waals surface area (Å²) in [5.74, 6) is -1.58. The molecule has 0 radical (unpaired) electrons. The summed E-state index contributed by atoms with van der Waals surface area (Å²) in [4.78, 5) is 49.4. The molecule has 2 aromatic carbocycles. The minimum atomic E-state index is -1.16. The zero-order valence-electron chi connectivity index (χ0n) is 28.2. The number of likely N-dealkylation sites (tertiary alicyclic amines) is 1. The molecule has 3 heterocycles. The molecule has 3 amide bonds. The summed E-state index contributed by atoms with van der Waals surface area (Å²) in [7, 11) is 0. The number of para-hydroxylation sites is 1. The van der Waals surface area contributed by atoms with Crippen LogP contribution in [-0.4, -0.2) is 77.8 Å². The van der Waals surface area contributed by atoms with Gasteiger partial charge in [0.1, 0.15) is 17.4 Å². The van der Waals surface area contributed by atoms with Gasteiger partial charge in [0.25, 0.3) is 5.91 Å². The second kappa shape index (κ2) is 14.0. The number of hydrogen-bond acceptors (Lipinski definition) is 6. The first kappa shape index (κ1) is 34.4. The van der Waals surface area contributed by atoms with Gasteiger partial charge in [0.2, 0.25) is 11.8 Å². The quantitative estimate of drug-likeness (QED) is 0.207. The summed E-state index contributed by atoms with van der Waals surface area (Å²) < 4.78 is 12.6. The van der Waals surface area contributed by atoms with Gasteiger partial charge in [-0.1, -0.05) is 30.4 Å². The predicted octanol–water partition coefficient (Wildman–Crippen LogP) is 5.37. The monoisotopic (exact) mass is 643 g/mol. The van der Waals surface area contributed by atoms with Crippen molar-refractivity contribution in [1.29, 1.82) is 0 Å². The van der Waals surface area contributed by atoms with Crippen LogP contribution < -0.4 is 14.5 Å². The van der Waals surface area contributed by atoms with E-state index in [0.717, 1.165) is 16.8 Å². The van der Waals surface area contributed by atoms with Crippen LogP contribution in [0.1, 0.15) is 57.1 Å². The van der Waals surface area contributed by atoms with Crippen LogP contribution in [0.4, 0.5) is 11.4 Å². The fraction of sp³-hybridized carbons (Fsp3) is 0.500. The molecule has 2 bridgehead atoms. The van der Waals surface area contributed by atoms with Gasteiger partial charge < -0.3 is 29.3 Å². The molecule has 2 aromatic rings. The topological polar surface area (TPSA) is 99.6 Å². The number of ether oxygens (including phenoxy) is 2. The Morgan fingerprint density at radius 3 is 2.28 bits per heavy atom. The Morgan fingerprint density at radius 2 is 1.66 bits per heavy atom. The molecule has 0 saturated carbocycles. The van der Waals surface area contributed by atoms with Gasteiger partial charge in [-0.3, -0.25) is 14.4 Å². The maximum absolute atomic E-state index is 15.0. The van der Waals surface area contributed by atoms with Crippen molar-refractivity contribution in [3.63, 3.8) is 0 Å². The first-order chi connectivity index (χ1) is 22.6. The van der Waals surface area contributed by atoms with E-state index in [9.17, 15) is 19.5 Å². The molecule has 252 valence electrons. The van der Waals surface area contributed by atoms with Crippen LogP contribution in [0.25, 0.3) is 0 Å². The van der Waals surface area contributed by atoms with Gasteiger partial charge in [0.05, 0.1) is 24.0 Å². The van der Waals surface area contributed by atoms with Crippen LogP contribution >= 0.6 is 0 Å². The highest BCUT2D eigenvalue weighted by Gasteiger charge is 2.78. The lowest BCUT2D eigenvalue weighted by Gasteiger charge is -2.37. The molecule has 3 aliphatic heterocycles. The molecule has 47 heavy (non-hydrogen) atoms. The molecular weight excluding hydrogens is 594 g/mol. The minimum absolute atomic E-state index is 0.0608. The van der Waals surface area contributed by atoms with Crippen molar-refractivity contribution in [3.8, 4) is 5.75 Å². The average molecular weight is 644 g/mol. The molecule has 0 aliphatic carbocycles. The number of nitrogens with zero attached hydrogens (tertiary/aromatic N) is 3. The Labute approximate surface area is 278 Å². The number of benzene rings is 2. The highest BCUT2D eigenvalue weighted by atomic mass is 16.5. The number of fused-ring (bicyclic) bond motifs is 1. The van der Waals surface area contributed by atoms with Gasteiger partial charge in [-0.05, 0) is 95.2 Å². The molecule has 5 rings (SSSR count). The Bertz CT molecular complexity index is 1490. The van der Waals surface area contributed by atoms with E-state index >= 15 is 0 Å². The van der Waals surface area contributed by atoms with Crippen molar-refractivity contribution in [3.05, 3.63) is 78.9 Å². The van der Waals surface area contributed by atoms with Crippen molar-refractivity contribution in [2.75, 3.05) is 42.6 Å². The second-order valence-electron chi connectivity index (χ2n) is 13.2. The second-order valence-corrected chi connectivity index (χ2v) is 13.2. The van der Waals surface area contributed by atoms with Crippen molar-refractivity contribution >= 4 is 29.1 Å². The van der Waals surface area contributed by atoms with Crippen LogP contribution in [0.3, 0.4) is 0 Å². The summed E-state index contributed by atoms with van der Waals surface area (Å²) in [6.07, 6.45) is 6.35. The Balaban J connectivity index is 1.57. The Morgan fingerprint density at radius 1 is 1.00 bits per heavy atom.